The van der Waals surface area contributed by atoms with Crippen LogP contribution in [0, 0.1) is 0 Å². The van der Waals surface area contributed by atoms with Crippen LogP contribution < -0.4 is 5.43 Å². The van der Waals surface area contributed by atoms with E-state index in [1.807, 2.05) is 12.1 Å². The van der Waals surface area contributed by atoms with Crippen LogP contribution in [0.5, 0.6) is 0 Å². The normalized spacial score (nSPS) is 14.1. The van der Waals surface area contributed by atoms with E-state index in [-0.39, 0.29) is 30.8 Å². The SMILES string of the molecule is C=CC(=O)OCCOCCOC(C)OC1=CC=C(F)c2c(sc3ccccc3c2=O)C1. The Kier molecular flexibility index (Phi) is 8.11. The summed E-state index contributed by atoms with van der Waals surface area (Å²) in [5, 5.41) is 0.509. The van der Waals surface area contributed by atoms with Gasteiger partial charge in [0.15, 0.2) is 11.7 Å². The zero-order valence-corrected chi connectivity index (χ0v) is 17.9. The quantitative estimate of drug-likeness (QED) is 0.237. The highest BCUT2D eigenvalue weighted by molar-refractivity contribution is 7.18. The molecular formula is C23H23FO6S. The molecule has 0 saturated carbocycles. The number of benzene rings is 1. The molecule has 0 fully saturated rings. The van der Waals surface area contributed by atoms with Gasteiger partial charge in [-0.05, 0) is 31.2 Å². The predicted molar refractivity (Wildman–Crippen MR) is 117 cm³/mol. The molecule has 164 valence electrons. The number of carbonyl (C=O) groups excluding carboxylic acids is 1. The topological polar surface area (TPSA) is 71.1 Å². The molecule has 0 spiro atoms. The number of allylic oxidation sites excluding steroid dienone is 3. The molecule has 0 amide bonds. The second-order valence-electron chi connectivity index (χ2n) is 6.59. The van der Waals surface area contributed by atoms with Gasteiger partial charge in [-0.15, -0.1) is 11.3 Å². The summed E-state index contributed by atoms with van der Waals surface area (Å²) in [5.74, 6) is -0.562. The zero-order chi connectivity index (χ0) is 22.2. The molecule has 1 aliphatic carbocycles. The number of ether oxygens (including phenoxy) is 4. The molecule has 1 atom stereocenters. The van der Waals surface area contributed by atoms with Crippen LogP contribution in [0.2, 0.25) is 0 Å². The van der Waals surface area contributed by atoms with Crippen molar-refractivity contribution in [2.45, 2.75) is 19.6 Å². The van der Waals surface area contributed by atoms with E-state index in [2.05, 4.69) is 6.58 Å². The Bertz CT molecular complexity index is 1070. The van der Waals surface area contributed by atoms with Gasteiger partial charge in [0.05, 0.1) is 25.4 Å². The van der Waals surface area contributed by atoms with E-state index in [4.69, 9.17) is 18.9 Å². The highest BCUT2D eigenvalue weighted by Crippen LogP contribution is 2.31. The van der Waals surface area contributed by atoms with Gasteiger partial charge in [-0.2, -0.15) is 0 Å². The van der Waals surface area contributed by atoms with E-state index < -0.39 is 18.1 Å². The van der Waals surface area contributed by atoms with Crippen molar-refractivity contribution in [3.8, 4) is 0 Å². The van der Waals surface area contributed by atoms with Crippen molar-refractivity contribution >= 4 is 33.2 Å². The molecule has 3 rings (SSSR count). The van der Waals surface area contributed by atoms with Crippen LogP contribution in [0.3, 0.4) is 0 Å². The van der Waals surface area contributed by atoms with E-state index >= 15 is 0 Å². The van der Waals surface area contributed by atoms with Crippen molar-refractivity contribution in [3.05, 3.63) is 75.5 Å². The minimum absolute atomic E-state index is 0.0951. The predicted octanol–water partition coefficient (Wildman–Crippen LogP) is 4.14. The monoisotopic (exact) mass is 446 g/mol. The van der Waals surface area contributed by atoms with Gasteiger partial charge < -0.3 is 18.9 Å². The van der Waals surface area contributed by atoms with E-state index in [1.54, 1.807) is 19.1 Å². The van der Waals surface area contributed by atoms with Crippen LogP contribution in [0.25, 0.3) is 15.9 Å². The summed E-state index contributed by atoms with van der Waals surface area (Å²) >= 11 is 1.38. The molecule has 0 bridgehead atoms. The average molecular weight is 446 g/mol. The summed E-state index contributed by atoms with van der Waals surface area (Å²) in [4.78, 5) is 24.3. The van der Waals surface area contributed by atoms with Crippen LogP contribution in [0.15, 0.2) is 59.6 Å². The maximum absolute atomic E-state index is 14.6. The fourth-order valence-corrected chi connectivity index (χ4v) is 4.17. The van der Waals surface area contributed by atoms with Crippen LogP contribution >= 0.6 is 11.3 Å². The van der Waals surface area contributed by atoms with Gasteiger partial charge in [-0.1, -0.05) is 18.7 Å². The van der Waals surface area contributed by atoms with Gasteiger partial charge in [0.25, 0.3) is 0 Å². The molecule has 1 heterocycles. The van der Waals surface area contributed by atoms with Crippen LogP contribution in [-0.2, 0) is 30.2 Å². The molecule has 8 heteroatoms. The number of esters is 1. The van der Waals surface area contributed by atoms with E-state index in [0.29, 0.717) is 29.1 Å². The van der Waals surface area contributed by atoms with Crippen LogP contribution in [0.4, 0.5) is 4.39 Å². The molecule has 6 nitrogen and oxygen atoms in total. The van der Waals surface area contributed by atoms with Crippen LogP contribution in [-0.4, -0.2) is 38.7 Å². The third-order valence-corrected chi connectivity index (χ3v) is 5.57. The van der Waals surface area contributed by atoms with E-state index in [9.17, 15) is 14.0 Å². The first-order chi connectivity index (χ1) is 15.0. The molecule has 0 saturated heterocycles. The molecule has 0 radical (unpaired) electrons. The second kappa shape index (κ2) is 11.0. The number of hydrogen-bond acceptors (Lipinski definition) is 7. The third kappa shape index (κ3) is 6.10. The highest BCUT2D eigenvalue weighted by atomic mass is 32.1. The molecule has 0 aliphatic heterocycles. The Labute approximate surface area is 183 Å². The van der Waals surface area contributed by atoms with Crippen LogP contribution in [0.1, 0.15) is 17.4 Å². The second-order valence-corrected chi connectivity index (χ2v) is 7.73. The lowest BCUT2D eigenvalue weighted by Crippen LogP contribution is -2.18. The lowest BCUT2D eigenvalue weighted by molar-refractivity contribution is -0.140. The van der Waals surface area contributed by atoms with Crippen molar-refractivity contribution in [3.63, 3.8) is 0 Å². The number of carbonyl (C=O) groups is 1. The zero-order valence-electron chi connectivity index (χ0n) is 17.1. The first-order valence-corrected chi connectivity index (χ1v) is 10.6. The Hall–Kier alpha value is -2.81. The molecule has 2 aromatic rings. The van der Waals surface area contributed by atoms with Gasteiger partial charge in [0.2, 0.25) is 0 Å². The summed E-state index contributed by atoms with van der Waals surface area (Å²) < 4.78 is 36.9. The molecule has 1 unspecified atom stereocenters. The molecule has 31 heavy (non-hydrogen) atoms. The fourth-order valence-electron chi connectivity index (χ4n) is 2.98. The van der Waals surface area contributed by atoms with E-state index in [1.165, 1.54) is 23.5 Å². The lowest BCUT2D eigenvalue weighted by Gasteiger charge is -2.18. The standard InChI is InChI=1S/C23H23FO6S/c1-3-21(25)29-13-11-27-10-12-28-15(2)30-16-8-9-18(24)22-20(14-16)31-19-7-5-4-6-17(19)23(22)26/h3-9,15H,1,10-14H2,2H3. The Morgan fingerprint density at radius 1 is 1.23 bits per heavy atom. The highest BCUT2D eigenvalue weighted by Gasteiger charge is 2.21. The van der Waals surface area contributed by atoms with Crippen molar-refractivity contribution in [1.29, 1.82) is 0 Å². The molecule has 1 aromatic carbocycles. The lowest BCUT2D eigenvalue weighted by atomic mass is 10.1. The Balaban J connectivity index is 1.53. The number of halogens is 1. The van der Waals surface area contributed by atoms with Gasteiger partial charge in [0, 0.05) is 27.5 Å². The molecule has 0 N–H and O–H groups in total. The number of hydrogen-bond donors (Lipinski definition) is 0. The summed E-state index contributed by atoms with van der Waals surface area (Å²) in [6, 6.07) is 7.17. The maximum Gasteiger partial charge on any atom is 0.330 e. The molecule has 1 aromatic heterocycles. The smallest absolute Gasteiger partial charge is 0.330 e. The first-order valence-electron chi connectivity index (χ1n) is 9.76. The van der Waals surface area contributed by atoms with Crippen molar-refractivity contribution in [1.82, 2.24) is 0 Å². The number of fused-ring (bicyclic) bond motifs is 2. The van der Waals surface area contributed by atoms with Gasteiger partial charge in [0.1, 0.15) is 18.2 Å². The van der Waals surface area contributed by atoms with Crippen molar-refractivity contribution < 1.29 is 28.1 Å². The average Bonchev–Trinajstić information content (AvgIpc) is 2.91. The first kappa shape index (κ1) is 22.9. The summed E-state index contributed by atoms with van der Waals surface area (Å²) in [5.41, 5.74) is -0.217. The molecular weight excluding hydrogens is 423 g/mol. The van der Waals surface area contributed by atoms with Gasteiger partial charge >= 0.3 is 5.97 Å². The minimum atomic E-state index is -0.594. The Morgan fingerprint density at radius 3 is 2.81 bits per heavy atom. The number of rotatable bonds is 10. The Morgan fingerprint density at radius 2 is 2.00 bits per heavy atom. The van der Waals surface area contributed by atoms with Crippen molar-refractivity contribution in [2.75, 3.05) is 26.4 Å². The minimum Gasteiger partial charge on any atom is -0.469 e. The van der Waals surface area contributed by atoms with Crippen molar-refractivity contribution in [2.24, 2.45) is 0 Å². The fraction of sp³-hybridized carbons (Fsp3) is 0.304. The third-order valence-electron chi connectivity index (χ3n) is 4.40. The summed E-state index contributed by atoms with van der Waals surface area (Å²) in [6.07, 6.45) is 3.57. The summed E-state index contributed by atoms with van der Waals surface area (Å²) in [7, 11) is 0. The maximum atomic E-state index is 14.6. The largest absolute Gasteiger partial charge is 0.469 e. The summed E-state index contributed by atoms with van der Waals surface area (Å²) in [6.45, 7) is 5.97. The van der Waals surface area contributed by atoms with Gasteiger partial charge in [-0.25, -0.2) is 9.18 Å². The van der Waals surface area contributed by atoms with E-state index in [0.717, 1.165) is 10.8 Å². The van der Waals surface area contributed by atoms with Gasteiger partial charge in [-0.3, -0.25) is 4.79 Å². The molecule has 1 aliphatic rings.